The number of halogens is 3. The Balaban J connectivity index is 1.86. The molecule has 0 aliphatic heterocycles. The van der Waals surface area contributed by atoms with E-state index in [4.69, 9.17) is 0 Å². The third-order valence-electron chi connectivity index (χ3n) is 3.70. The van der Waals surface area contributed by atoms with Gasteiger partial charge in [-0.2, -0.15) is 13.2 Å². The van der Waals surface area contributed by atoms with Crippen LogP contribution in [-0.2, 0) is 28.7 Å². The molecule has 0 bridgehead atoms. The number of nitrogens with zero attached hydrogens (tertiary/aromatic N) is 1. The Morgan fingerprint density at radius 3 is 2.22 bits per heavy atom. The summed E-state index contributed by atoms with van der Waals surface area (Å²) in [4.78, 5) is 27.9. The van der Waals surface area contributed by atoms with E-state index in [9.17, 15) is 27.9 Å². The second-order valence-electron chi connectivity index (χ2n) is 5.75. The Morgan fingerprint density at radius 1 is 1.04 bits per heavy atom. The van der Waals surface area contributed by atoms with Crippen LogP contribution in [0, 0.1) is 0 Å². The van der Waals surface area contributed by atoms with E-state index in [0.29, 0.717) is 11.1 Å². The minimum absolute atomic E-state index is 0.0191. The molecule has 0 saturated heterocycles. The molecule has 2 amide bonds. The molecule has 1 atom stereocenters. The molecule has 1 aromatic heterocycles. The molecule has 0 fully saturated rings. The van der Waals surface area contributed by atoms with Gasteiger partial charge in [0.1, 0.15) is 6.04 Å². The lowest BCUT2D eigenvalue weighted by Gasteiger charge is -2.16. The van der Waals surface area contributed by atoms with Crippen LogP contribution in [0.25, 0.3) is 0 Å². The van der Waals surface area contributed by atoms with Crippen molar-refractivity contribution in [1.82, 2.24) is 15.6 Å². The van der Waals surface area contributed by atoms with Gasteiger partial charge in [0.15, 0.2) is 0 Å². The molecule has 0 radical (unpaired) electrons. The number of carbonyl (C=O) groups is 2. The third-order valence-corrected chi connectivity index (χ3v) is 3.70. The summed E-state index contributed by atoms with van der Waals surface area (Å²) in [6.07, 6.45) is -1.35. The van der Waals surface area contributed by atoms with Crippen LogP contribution in [0.15, 0.2) is 48.8 Å². The van der Waals surface area contributed by atoms with Crippen LogP contribution in [0.4, 0.5) is 13.2 Å². The van der Waals surface area contributed by atoms with Crippen molar-refractivity contribution in [3.05, 3.63) is 65.5 Å². The quantitative estimate of drug-likeness (QED) is 0.677. The lowest BCUT2D eigenvalue weighted by atomic mass is 10.1. The lowest BCUT2D eigenvalue weighted by molar-refractivity contribution is -0.137. The third kappa shape index (κ3) is 6.37. The first-order valence-electron chi connectivity index (χ1n) is 8.02. The molecule has 0 aliphatic rings. The number of aromatic nitrogens is 1. The Hall–Kier alpha value is -2.94. The Labute approximate surface area is 153 Å². The smallest absolute Gasteiger partial charge is 0.394 e. The summed E-state index contributed by atoms with van der Waals surface area (Å²) in [5.74, 6) is -1.09. The summed E-state index contributed by atoms with van der Waals surface area (Å²) in [6, 6.07) is 6.48. The van der Waals surface area contributed by atoms with Crippen LogP contribution in [0.1, 0.15) is 16.7 Å². The van der Waals surface area contributed by atoms with Gasteiger partial charge in [-0.3, -0.25) is 14.6 Å². The monoisotopic (exact) mass is 381 g/mol. The molecule has 0 unspecified atom stereocenters. The second kappa shape index (κ2) is 9.13. The number of aliphatic hydroxyl groups excluding tert-OH is 1. The second-order valence-corrected chi connectivity index (χ2v) is 5.75. The van der Waals surface area contributed by atoms with Crippen molar-refractivity contribution in [3.63, 3.8) is 0 Å². The van der Waals surface area contributed by atoms with Crippen LogP contribution in [0.3, 0.4) is 0 Å². The Morgan fingerprint density at radius 2 is 1.67 bits per heavy atom. The molecule has 2 aromatic rings. The van der Waals surface area contributed by atoms with Crippen LogP contribution >= 0.6 is 0 Å². The zero-order valence-electron chi connectivity index (χ0n) is 14.2. The van der Waals surface area contributed by atoms with E-state index < -0.39 is 36.2 Å². The van der Waals surface area contributed by atoms with Crippen molar-refractivity contribution in [2.45, 2.75) is 25.2 Å². The fraction of sp³-hybridized carbons (Fsp3) is 0.278. The molecule has 1 aromatic carbocycles. The first kappa shape index (κ1) is 20.4. The number of amides is 2. The summed E-state index contributed by atoms with van der Waals surface area (Å²) in [5, 5.41) is 14.2. The van der Waals surface area contributed by atoms with Crippen molar-refractivity contribution in [2.24, 2.45) is 0 Å². The number of nitrogens with one attached hydrogen (secondary N) is 2. The van der Waals surface area contributed by atoms with Crippen LogP contribution in [-0.4, -0.2) is 34.6 Å². The first-order valence-corrected chi connectivity index (χ1v) is 8.02. The number of hydrogen-bond donors (Lipinski definition) is 3. The standard InChI is InChI=1S/C18H18F3N3O3/c19-18(20,21)14-3-1-13(2-4-14)10-23-17(27)15(11-25)24-16(26)9-12-5-7-22-8-6-12/h1-8,15,25H,9-11H2,(H,23,27)(H,24,26)/t15-/m0/s1. The van der Waals surface area contributed by atoms with Gasteiger partial charge < -0.3 is 15.7 Å². The molecule has 6 nitrogen and oxygen atoms in total. The van der Waals surface area contributed by atoms with Gasteiger partial charge in [0, 0.05) is 18.9 Å². The predicted molar refractivity (Wildman–Crippen MR) is 90.2 cm³/mol. The number of aliphatic hydroxyl groups is 1. The highest BCUT2D eigenvalue weighted by molar-refractivity contribution is 5.88. The van der Waals surface area contributed by atoms with Gasteiger partial charge in [0.2, 0.25) is 11.8 Å². The highest BCUT2D eigenvalue weighted by Crippen LogP contribution is 2.29. The minimum atomic E-state index is -4.43. The summed E-state index contributed by atoms with van der Waals surface area (Å²) in [5.41, 5.74) is 0.370. The van der Waals surface area contributed by atoms with Gasteiger partial charge in [-0.1, -0.05) is 12.1 Å². The van der Waals surface area contributed by atoms with Gasteiger partial charge in [-0.05, 0) is 35.4 Å². The molecule has 2 rings (SSSR count). The first-order chi connectivity index (χ1) is 12.8. The maximum Gasteiger partial charge on any atom is 0.416 e. The fourth-order valence-electron chi connectivity index (χ4n) is 2.25. The number of carbonyl (C=O) groups excluding carboxylic acids is 2. The fourth-order valence-corrected chi connectivity index (χ4v) is 2.25. The summed E-state index contributed by atoms with van der Waals surface area (Å²) >= 11 is 0. The van der Waals surface area contributed by atoms with Crippen LogP contribution < -0.4 is 10.6 Å². The van der Waals surface area contributed by atoms with Crippen molar-refractivity contribution in [3.8, 4) is 0 Å². The van der Waals surface area contributed by atoms with E-state index in [0.717, 1.165) is 12.1 Å². The van der Waals surface area contributed by atoms with E-state index in [-0.39, 0.29) is 13.0 Å². The number of alkyl halides is 3. The van der Waals surface area contributed by atoms with E-state index in [2.05, 4.69) is 15.6 Å². The summed E-state index contributed by atoms with van der Waals surface area (Å²) in [6.45, 7) is -0.644. The molecule has 144 valence electrons. The topological polar surface area (TPSA) is 91.3 Å². The van der Waals surface area contributed by atoms with E-state index in [1.54, 1.807) is 12.1 Å². The molecule has 1 heterocycles. The van der Waals surface area contributed by atoms with Crippen molar-refractivity contribution >= 4 is 11.8 Å². The molecule has 3 N–H and O–H groups in total. The average Bonchev–Trinajstić information content (AvgIpc) is 2.64. The highest BCUT2D eigenvalue weighted by Gasteiger charge is 2.30. The average molecular weight is 381 g/mol. The van der Waals surface area contributed by atoms with Gasteiger partial charge in [0.25, 0.3) is 0 Å². The number of benzene rings is 1. The van der Waals surface area contributed by atoms with E-state index >= 15 is 0 Å². The van der Waals surface area contributed by atoms with Gasteiger partial charge in [-0.15, -0.1) is 0 Å². The molecule has 0 aliphatic carbocycles. The Kier molecular flexibility index (Phi) is 6.89. The number of hydrogen-bond acceptors (Lipinski definition) is 4. The number of pyridine rings is 1. The molecule has 27 heavy (non-hydrogen) atoms. The summed E-state index contributed by atoms with van der Waals surface area (Å²) < 4.78 is 37.6. The van der Waals surface area contributed by atoms with Crippen molar-refractivity contribution in [2.75, 3.05) is 6.61 Å². The zero-order valence-corrected chi connectivity index (χ0v) is 14.2. The number of rotatable bonds is 7. The zero-order chi connectivity index (χ0) is 19.9. The van der Waals surface area contributed by atoms with Crippen molar-refractivity contribution < 1.29 is 27.9 Å². The SMILES string of the molecule is O=C(Cc1ccncc1)N[C@@H](CO)C(=O)NCc1ccc(C(F)(F)F)cc1. The predicted octanol–water partition coefficient (Wildman–Crippen LogP) is 1.44. The molecular formula is C18H18F3N3O3. The lowest BCUT2D eigenvalue weighted by Crippen LogP contribution is -2.49. The maximum absolute atomic E-state index is 12.5. The molecular weight excluding hydrogens is 363 g/mol. The normalized spacial score (nSPS) is 12.3. The highest BCUT2D eigenvalue weighted by atomic mass is 19.4. The Bertz CT molecular complexity index is 765. The maximum atomic E-state index is 12.5. The van der Waals surface area contributed by atoms with Gasteiger partial charge in [0.05, 0.1) is 18.6 Å². The molecule has 9 heteroatoms. The summed E-state index contributed by atoms with van der Waals surface area (Å²) in [7, 11) is 0. The van der Waals surface area contributed by atoms with Crippen LogP contribution in [0.2, 0.25) is 0 Å². The molecule has 0 spiro atoms. The van der Waals surface area contributed by atoms with E-state index in [1.165, 1.54) is 24.5 Å². The van der Waals surface area contributed by atoms with Crippen LogP contribution in [0.5, 0.6) is 0 Å². The largest absolute Gasteiger partial charge is 0.416 e. The van der Waals surface area contributed by atoms with Crippen molar-refractivity contribution in [1.29, 1.82) is 0 Å². The van der Waals surface area contributed by atoms with E-state index in [1.807, 2.05) is 0 Å². The van der Waals surface area contributed by atoms with Gasteiger partial charge in [-0.25, -0.2) is 0 Å². The molecule has 0 saturated carbocycles. The minimum Gasteiger partial charge on any atom is -0.394 e. The van der Waals surface area contributed by atoms with Gasteiger partial charge >= 0.3 is 6.18 Å².